The van der Waals surface area contributed by atoms with E-state index in [-0.39, 0.29) is 17.2 Å². The zero-order chi connectivity index (χ0) is 17.2. The van der Waals surface area contributed by atoms with Gasteiger partial charge in [0.2, 0.25) is 0 Å². The molecule has 1 aliphatic heterocycles. The molecule has 25 heavy (non-hydrogen) atoms. The summed E-state index contributed by atoms with van der Waals surface area (Å²) in [6.45, 7) is 2.25. The van der Waals surface area contributed by atoms with Crippen LogP contribution in [-0.2, 0) is 6.54 Å². The van der Waals surface area contributed by atoms with Crippen LogP contribution in [0, 0.1) is 0 Å². The van der Waals surface area contributed by atoms with Crippen molar-refractivity contribution in [1.82, 2.24) is 24.4 Å². The number of fused-ring (bicyclic) bond motifs is 1. The number of nitrogens with zero attached hydrogens (tertiary/aromatic N) is 4. The van der Waals surface area contributed by atoms with Crippen LogP contribution in [0.4, 0.5) is 0 Å². The second kappa shape index (κ2) is 6.60. The van der Waals surface area contributed by atoms with E-state index in [0.717, 1.165) is 31.4 Å². The van der Waals surface area contributed by atoms with Gasteiger partial charge in [0.25, 0.3) is 11.1 Å². The molecule has 3 heterocycles. The van der Waals surface area contributed by atoms with E-state index in [1.165, 1.54) is 6.20 Å². The summed E-state index contributed by atoms with van der Waals surface area (Å²) in [4.78, 5) is 37.8. The Morgan fingerprint density at radius 3 is 2.96 bits per heavy atom. The van der Waals surface area contributed by atoms with Crippen LogP contribution in [0.1, 0.15) is 24.7 Å². The number of benzene rings is 1. The summed E-state index contributed by atoms with van der Waals surface area (Å²) in [6.07, 6.45) is 6.64. The zero-order valence-corrected chi connectivity index (χ0v) is 13.8. The van der Waals surface area contributed by atoms with Crippen molar-refractivity contribution in [2.24, 2.45) is 0 Å². The lowest BCUT2D eigenvalue weighted by Crippen LogP contribution is -2.32. The van der Waals surface area contributed by atoms with Gasteiger partial charge in [-0.05, 0) is 31.5 Å². The lowest BCUT2D eigenvalue weighted by atomic mass is 10.2. The van der Waals surface area contributed by atoms with Crippen LogP contribution in [0.5, 0.6) is 0 Å². The first-order valence-electron chi connectivity index (χ1n) is 8.46. The standard InChI is InChI=1S/C18H19N5O2/c24-16-12-19-7-9-23(16)11-10-22-8-3-6-15(22)17-20-14-5-2-1-4-13(14)18(25)21-17/h1-2,4-5,7,9,12,15H,3,6,8,10-11H2,(H,20,21,25). The summed E-state index contributed by atoms with van der Waals surface area (Å²) >= 11 is 0. The third-order valence-electron chi connectivity index (χ3n) is 4.74. The van der Waals surface area contributed by atoms with Gasteiger partial charge >= 0.3 is 0 Å². The van der Waals surface area contributed by atoms with Gasteiger partial charge in [0.15, 0.2) is 0 Å². The van der Waals surface area contributed by atoms with E-state index < -0.39 is 0 Å². The fourth-order valence-electron chi connectivity index (χ4n) is 3.46. The first-order valence-corrected chi connectivity index (χ1v) is 8.46. The SMILES string of the molecule is O=c1[nH]c(C2CCCN2CCn2ccncc2=O)nc2ccccc12. The predicted octanol–water partition coefficient (Wildman–Crippen LogP) is 1.32. The highest BCUT2D eigenvalue weighted by molar-refractivity contribution is 5.77. The molecule has 1 aromatic carbocycles. The Morgan fingerprint density at radius 1 is 1.20 bits per heavy atom. The van der Waals surface area contributed by atoms with E-state index in [9.17, 15) is 9.59 Å². The van der Waals surface area contributed by atoms with Gasteiger partial charge in [0.05, 0.1) is 23.1 Å². The number of hydrogen-bond donors (Lipinski definition) is 1. The Bertz CT molecular complexity index is 1010. The molecule has 1 aliphatic rings. The minimum Gasteiger partial charge on any atom is -0.311 e. The van der Waals surface area contributed by atoms with E-state index in [0.29, 0.717) is 17.8 Å². The van der Waals surface area contributed by atoms with Crippen molar-refractivity contribution >= 4 is 10.9 Å². The van der Waals surface area contributed by atoms with Crippen molar-refractivity contribution in [3.63, 3.8) is 0 Å². The average Bonchev–Trinajstić information content (AvgIpc) is 3.10. The van der Waals surface area contributed by atoms with Crippen LogP contribution in [0.25, 0.3) is 10.9 Å². The van der Waals surface area contributed by atoms with Gasteiger partial charge < -0.3 is 9.55 Å². The third-order valence-corrected chi connectivity index (χ3v) is 4.74. The highest BCUT2D eigenvalue weighted by Gasteiger charge is 2.28. The van der Waals surface area contributed by atoms with E-state index in [1.807, 2.05) is 18.2 Å². The smallest absolute Gasteiger partial charge is 0.269 e. The number of hydrogen-bond acceptors (Lipinski definition) is 5. The minimum atomic E-state index is -0.101. The number of H-pyrrole nitrogens is 1. The summed E-state index contributed by atoms with van der Waals surface area (Å²) in [5.41, 5.74) is 0.520. The van der Waals surface area contributed by atoms with Gasteiger partial charge in [0, 0.05) is 25.5 Å². The molecule has 4 rings (SSSR count). The van der Waals surface area contributed by atoms with E-state index in [2.05, 4.69) is 19.9 Å². The van der Waals surface area contributed by atoms with E-state index in [1.54, 1.807) is 23.0 Å². The van der Waals surface area contributed by atoms with Crippen LogP contribution >= 0.6 is 0 Å². The zero-order valence-electron chi connectivity index (χ0n) is 13.8. The molecular weight excluding hydrogens is 318 g/mol. The Labute approximate surface area is 144 Å². The highest BCUT2D eigenvalue weighted by atomic mass is 16.1. The largest absolute Gasteiger partial charge is 0.311 e. The molecule has 7 heteroatoms. The number of aromatic amines is 1. The number of rotatable bonds is 4. The summed E-state index contributed by atoms with van der Waals surface area (Å²) in [7, 11) is 0. The molecule has 0 radical (unpaired) electrons. The van der Waals surface area contributed by atoms with E-state index in [4.69, 9.17) is 0 Å². The fraction of sp³-hybridized carbons (Fsp3) is 0.333. The van der Waals surface area contributed by atoms with Gasteiger partial charge in [-0.25, -0.2) is 4.98 Å². The molecule has 2 aromatic heterocycles. The van der Waals surface area contributed by atoms with E-state index >= 15 is 0 Å². The number of likely N-dealkylation sites (tertiary alicyclic amines) is 1. The van der Waals surface area contributed by atoms with Crippen LogP contribution in [0.2, 0.25) is 0 Å². The Morgan fingerprint density at radius 2 is 2.08 bits per heavy atom. The molecule has 0 amide bonds. The highest BCUT2D eigenvalue weighted by Crippen LogP contribution is 2.29. The normalized spacial score (nSPS) is 18.0. The molecule has 1 saturated heterocycles. The second-order valence-corrected chi connectivity index (χ2v) is 6.27. The molecule has 3 aromatic rings. The lowest BCUT2D eigenvalue weighted by molar-refractivity contribution is 0.237. The van der Waals surface area contributed by atoms with Crippen molar-refractivity contribution in [3.05, 3.63) is 69.4 Å². The van der Waals surface area contributed by atoms with Crippen LogP contribution in [0.3, 0.4) is 0 Å². The van der Waals surface area contributed by atoms with Crippen LogP contribution < -0.4 is 11.1 Å². The molecule has 0 saturated carbocycles. The van der Waals surface area contributed by atoms with Crippen molar-refractivity contribution < 1.29 is 0 Å². The van der Waals surface area contributed by atoms with Crippen LogP contribution in [-0.4, -0.2) is 37.5 Å². The summed E-state index contributed by atoms with van der Waals surface area (Å²) in [5.74, 6) is 0.711. The average molecular weight is 337 g/mol. The molecule has 7 nitrogen and oxygen atoms in total. The van der Waals surface area contributed by atoms with Gasteiger partial charge in [0.1, 0.15) is 5.82 Å². The van der Waals surface area contributed by atoms with Gasteiger partial charge in [-0.1, -0.05) is 12.1 Å². The second-order valence-electron chi connectivity index (χ2n) is 6.27. The lowest BCUT2D eigenvalue weighted by Gasteiger charge is -2.24. The van der Waals surface area contributed by atoms with Gasteiger partial charge in [-0.2, -0.15) is 0 Å². The molecule has 1 atom stereocenters. The van der Waals surface area contributed by atoms with Crippen LogP contribution in [0.15, 0.2) is 52.4 Å². The van der Waals surface area contributed by atoms with Gasteiger partial charge in [-0.15, -0.1) is 0 Å². The minimum absolute atomic E-state index is 0.0786. The quantitative estimate of drug-likeness (QED) is 0.776. The number of para-hydroxylation sites is 1. The first-order chi connectivity index (χ1) is 12.2. The van der Waals surface area contributed by atoms with Crippen molar-refractivity contribution in [2.75, 3.05) is 13.1 Å². The summed E-state index contributed by atoms with van der Waals surface area (Å²) < 4.78 is 1.65. The maximum atomic E-state index is 12.3. The molecule has 0 aliphatic carbocycles. The Kier molecular flexibility index (Phi) is 4.15. The molecular formula is C18H19N5O2. The Hall–Kier alpha value is -2.80. The number of nitrogens with one attached hydrogen (secondary N) is 1. The summed E-state index contributed by atoms with van der Waals surface area (Å²) in [6, 6.07) is 7.46. The molecule has 1 unspecified atom stereocenters. The predicted molar refractivity (Wildman–Crippen MR) is 94.4 cm³/mol. The molecule has 0 spiro atoms. The maximum absolute atomic E-state index is 12.3. The topological polar surface area (TPSA) is 83.9 Å². The molecule has 128 valence electrons. The Balaban J connectivity index is 1.58. The molecule has 0 bridgehead atoms. The number of aromatic nitrogens is 4. The van der Waals surface area contributed by atoms with Crippen molar-refractivity contribution in [3.8, 4) is 0 Å². The monoisotopic (exact) mass is 337 g/mol. The summed E-state index contributed by atoms with van der Waals surface area (Å²) in [5, 5.41) is 0.610. The van der Waals surface area contributed by atoms with Gasteiger partial charge in [-0.3, -0.25) is 19.5 Å². The van der Waals surface area contributed by atoms with Crippen molar-refractivity contribution in [1.29, 1.82) is 0 Å². The fourth-order valence-corrected chi connectivity index (χ4v) is 3.46. The van der Waals surface area contributed by atoms with Crippen molar-refractivity contribution in [2.45, 2.75) is 25.4 Å². The third kappa shape index (κ3) is 3.10. The molecule has 1 fully saturated rings. The first kappa shape index (κ1) is 15.7. The molecule has 1 N–H and O–H groups in total. The maximum Gasteiger partial charge on any atom is 0.269 e.